The summed E-state index contributed by atoms with van der Waals surface area (Å²) in [5, 5.41) is 0. The maximum atomic E-state index is 11.5. The van der Waals surface area contributed by atoms with E-state index < -0.39 is 0 Å². The number of primary amides is 1. The van der Waals surface area contributed by atoms with E-state index in [1.807, 2.05) is 24.4 Å². The molecular weight excluding hydrogens is 286 g/mol. The molecule has 0 unspecified atom stereocenters. The molecule has 2 heterocycles. The van der Waals surface area contributed by atoms with Crippen molar-refractivity contribution < 1.29 is 4.79 Å². The standard InChI is InChI=1S/C19H25N3O/c1-14-12-22(13-17-7-4-9-21-17)10-8-19(14,2)16-6-3-5-15(11-16)18(20)23/h3-7,9,11,14,21H,8,10,12-13H2,1-2H3,(H2,20,23)/t14-,19+/m0/s1. The van der Waals surface area contributed by atoms with Crippen LogP contribution < -0.4 is 5.73 Å². The summed E-state index contributed by atoms with van der Waals surface area (Å²) >= 11 is 0. The van der Waals surface area contributed by atoms with Gasteiger partial charge in [0.2, 0.25) is 5.91 Å². The van der Waals surface area contributed by atoms with E-state index in [4.69, 9.17) is 5.73 Å². The van der Waals surface area contributed by atoms with Crippen molar-refractivity contribution in [1.29, 1.82) is 0 Å². The number of benzene rings is 1. The smallest absolute Gasteiger partial charge is 0.248 e. The van der Waals surface area contributed by atoms with E-state index in [1.165, 1.54) is 11.3 Å². The van der Waals surface area contributed by atoms with Crippen LogP contribution >= 0.6 is 0 Å². The molecule has 2 aromatic rings. The molecule has 0 aliphatic carbocycles. The zero-order valence-electron chi connectivity index (χ0n) is 13.9. The van der Waals surface area contributed by atoms with Crippen LogP contribution in [0.25, 0.3) is 0 Å². The molecule has 1 amide bonds. The lowest BCUT2D eigenvalue weighted by Crippen LogP contribution is -2.47. The lowest BCUT2D eigenvalue weighted by atomic mass is 9.68. The number of carbonyl (C=O) groups is 1. The Morgan fingerprint density at radius 3 is 2.87 bits per heavy atom. The summed E-state index contributed by atoms with van der Waals surface area (Å²) in [6.45, 7) is 7.69. The Hall–Kier alpha value is -2.07. The number of carbonyl (C=O) groups excluding carboxylic acids is 1. The maximum Gasteiger partial charge on any atom is 0.248 e. The number of hydrogen-bond donors (Lipinski definition) is 2. The van der Waals surface area contributed by atoms with Crippen LogP contribution in [0.5, 0.6) is 0 Å². The van der Waals surface area contributed by atoms with Gasteiger partial charge in [-0.25, -0.2) is 0 Å². The zero-order valence-corrected chi connectivity index (χ0v) is 13.9. The summed E-state index contributed by atoms with van der Waals surface area (Å²) in [6, 6.07) is 12.0. The van der Waals surface area contributed by atoms with Crippen LogP contribution in [0.3, 0.4) is 0 Å². The van der Waals surface area contributed by atoms with Gasteiger partial charge in [0.1, 0.15) is 0 Å². The molecule has 0 radical (unpaired) electrons. The summed E-state index contributed by atoms with van der Waals surface area (Å²) in [6.07, 6.45) is 3.05. The summed E-state index contributed by atoms with van der Waals surface area (Å²) in [5.74, 6) is 0.154. The molecular formula is C19H25N3O. The quantitative estimate of drug-likeness (QED) is 0.912. The Morgan fingerprint density at radius 1 is 1.39 bits per heavy atom. The number of nitrogens with two attached hydrogens (primary N) is 1. The van der Waals surface area contributed by atoms with E-state index in [-0.39, 0.29) is 11.3 Å². The fourth-order valence-corrected chi connectivity index (χ4v) is 3.62. The summed E-state index contributed by atoms with van der Waals surface area (Å²) in [4.78, 5) is 17.2. The van der Waals surface area contributed by atoms with Crippen molar-refractivity contribution in [3.8, 4) is 0 Å². The van der Waals surface area contributed by atoms with Crippen LogP contribution in [-0.4, -0.2) is 28.9 Å². The highest BCUT2D eigenvalue weighted by atomic mass is 16.1. The molecule has 4 nitrogen and oxygen atoms in total. The van der Waals surface area contributed by atoms with Crippen molar-refractivity contribution in [3.05, 3.63) is 59.4 Å². The number of piperidine rings is 1. The Balaban J connectivity index is 1.76. The van der Waals surface area contributed by atoms with Gasteiger partial charge >= 0.3 is 0 Å². The van der Waals surface area contributed by atoms with Crippen molar-refractivity contribution in [3.63, 3.8) is 0 Å². The third-order valence-corrected chi connectivity index (χ3v) is 5.43. The van der Waals surface area contributed by atoms with E-state index in [0.29, 0.717) is 11.5 Å². The van der Waals surface area contributed by atoms with E-state index in [0.717, 1.165) is 26.1 Å². The summed E-state index contributed by atoms with van der Waals surface area (Å²) < 4.78 is 0. The van der Waals surface area contributed by atoms with Gasteiger partial charge in [0.05, 0.1) is 0 Å². The van der Waals surface area contributed by atoms with E-state index in [1.54, 1.807) is 6.07 Å². The monoisotopic (exact) mass is 311 g/mol. The average molecular weight is 311 g/mol. The highest BCUT2D eigenvalue weighted by molar-refractivity contribution is 5.92. The number of nitrogens with one attached hydrogen (secondary N) is 1. The van der Waals surface area contributed by atoms with Gasteiger partial charge in [0, 0.05) is 30.5 Å². The molecule has 4 heteroatoms. The van der Waals surface area contributed by atoms with E-state index >= 15 is 0 Å². The molecule has 1 aromatic heterocycles. The number of rotatable bonds is 4. The first-order valence-corrected chi connectivity index (χ1v) is 8.24. The third-order valence-electron chi connectivity index (χ3n) is 5.43. The van der Waals surface area contributed by atoms with Gasteiger partial charge in [-0.3, -0.25) is 9.69 Å². The lowest BCUT2D eigenvalue weighted by molar-refractivity contribution is 0.0995. The van der Waals surface area contributed by atoms with Crippen LogP contribution in [0, 0.1) is 5.92 Å². The Morgan fingerprint density at radius 2 is 2.22 bits per heavy atom. The minimum absolute atomic E-state index is 0.0810. The molecule has 23 heavy (non-hydrogen) atoms. The van der Waals surface area contributed by atoms with Crippen LogP contribution in [0.1, 0.15) is 41.9 Å². The maximum absolute atomic E-state index is 11.5. The summed E-state index contributed by atoms with van der Waals surface area (Å²) in [5.41, 5.74) is 8.60. The second kappa shape index (κ2) is 6.20. The Labute approximate surface area is 137 Å². The second-order valence-electron chi connectivity index (χ2n) is 6.94. The first kappa shape index (κ1) is 15.8. The van der Waals surface area contributed by atoms with Crippen molar-refractivity contribution in [2.45, 2.75) is 32.2 Å². The highest BCUT2D eigenvalue weighted by Crippen LogP contribution is 2.39. The topological polar surface area (TPSA) is 62.1 Å². The molecule has 0 spiro atoms. The van der Waals surface area contributed by atoms with Gasteiger partial charge in [-0.15, -0.1) is 0 Å². The molecule has 1 saturated heterocycles. The van der Waals surface area contributed by atoms with E-state index in [9.17, 15) is 4.79 Å². The average Bonchev–Trinajstić information content (AvgIpc) is 3.04. The largest absolute Gasteiger partial charge is 0.366 e. The molecule has 1 aliphatic heterocycles. The molecule has 0 saturated carbocycles. The van der Waals surface area contributed by atoms with Crippen molar-refractivity contribution >= 4 is 5.91 Å². The van der Waals surface area contributed by atoms with Gasteiger partial charge in [-0.1, -0.05) is 26.0 Å². The number of likely N-dealkylation sites (tertiary alicyclic amines) is 1. The molecule has 0 bridgehead atoms. The van der Waals surface area contributed by atoms with Crippen LogP contribution in [-0.2, 0) is 12.0 Å². The number of nitrogens with zero attached hydrogens (tertiary/aromatic N) is 1. The lowest BCUT2D eigenvalue weighted by Gasteiger charge is -2.45. The number of hydrogen-bond acceptors (Lipinski definition) is 2. The fourth-order valence-electron chi connectivity index (χ4n) is 3.62. The van der Waals surface area contributed by atoms with Crippen LogP contribution in [0.4, 0.5) is 0 Å². The third kappa shape index (κ3) is 3.17. The van der Waals surface area contributed by atoms with E-state index in [2.05, 4.69) is 35.9 Å². The highest BCUT2D eigenvalue weighted by Gasteiger charge is 2.38. The van der Waals surface area contributed by atoms with Gasteiger partial charge < -0.3 is 10.7 Å². The molecule has 1 aliphatic rings. The van der Waals surface area contributed by atoms with Gasteiger partial charge in [-0.2, -0.15) is 0 Å². The molecule has 122 valence electrons. The number of amides is 1. The number of H-pyrrole nitrogens is 1. The Kier molecular flexibility index (Phi) is 4.26. The normalized spacial score (nSPS) is 25.4. The predicted octanol–water partition coefficient (Wildman–Crippen LogP) is 2.91. The summed E-state index contributed by atoms with van der Waals surface area (Å²) in [7, 11) is 0. The predicted molar refractivity (Wildman–Crippen MR) is 92.2 cm³/mol. The van der Waals surface area contributed by atoms with Crippen molar-refractivity contribution in [2.75, 3.05) is 13.1 Å². The van der Waals surface area contributed by atoms with Gasteiger partial charge in [0.15, 0.2) is 0 Å². The number of aromatic nitrogens is 1. The molecule has 3 N–H and O–H groups in total. The fraction of sp³-hybridized carbons (Fsp3) is 0.421. The minimum Gasteiger partial charge on any atom is -0.366 e. The second-order valence-corrected chi connectivity index (χ2v) is 6.94. The zero-order chi connectivity index (χ0) is 16.4. The van der Waals surface area contributed by atoms with Crippen LogP contribution in [0.15, 0.2) is 42.6 Å². The molecule has 1 aromatic carbocycles. The molecule has 3 rings (SSSR count). The first-order valence-electron chi connectivity index (χ1n) is 8.24. The minimum atomic E-state index is -0.354. The first-order chi connectivity index (χ1) is 11.0. The molecule has 2 atom stereocenters. The SMILES string of the molecule is C[C@H]1CN(Cc2ccc[nH]2)CC[C@@]1(C)c1cccc(C(N)=O)c1. The van der Waals surface area contributed by atoms with Crippen LogP contribution in [0.2, 0.25) is 0 Å². The molecule has 1 fully saturated rings. The van der Waals surface area contributed by atoms with Crippen molar-refractivity contribution in [1.82, 2.24) is 9.88 Å². The Bertz CT molecular complexity index is 680. The number of aromatic amines is 1. The van der Waals surface area contributed by atoms with Gasteiger partial charge in [0.25, 0.3) is 0 Å². The van der Waals surface area contributed by atoms with Gasteiger partial charge in [-0.05, 0) is 54.1 Å². The van der Waals surface area contributed by atoms with Crippen molar-refractivity contribution in [2.24, 2.45) is 11.7 Å².